The zero-order chi connectivity index (χ0) is 23.8. The van der Waals surface area contributed by atoms with E-state index < -0.39 is 10.0 Å². The van der Waals surface area contributed by atoms with Crippen LogP contribution in [0, 0.1) is 18.3 Å². The Labute approximate surface area is 192 Å². The first kappa shape index (κ1) is 22.1. The molecule has 0 bridgehead atoms. The van der Waals surface area contributed by atoms with Gasteiger partial charge in [-0.15, -0.1) is 0 Å². The van der Waals surface area contributed by atoms with E-state index in [4.69, 9.17) is 9.47 Å². The van der Waals surface area contributed by atoms with Gasteiger partial charge in [0, 0.05) is 23.5 Å². The Hall–Kier alpha value is -4.09. The predicted octanol–water partition coefficient (Wildman–Crippen LogP) is 4.74. The first-order valence-electron chi connectivity index (χ1n) is 9.95. The van der Waals surface area contributed by atoms with Gasteiger partial charge in [0.1, 0.15) is 6.07 Å². The molecule has 0 N–H and O–H groups in total. The fourth-order valence-electron chi connectivity index (χ4n) is 3.60. The summed E-state index contributed by atoms with van der Waals surface area (Å²) in [5.41, 5.74) is 3.41. The van der Waals surface area contributed by atoms with Crippen LogP contribution in [0.3, 0.4) is 0 Å². The quantitative estimate of drug-likeness (QED) is 0.550. The van der Waals surface area contributed by atoms with Crippen LogP contribution in [0.15, 0.2) is 71.2 Å². The molecule has 4 rings (SSSR count). The highest BCUT2D eigenvalue weighted by Crippen LogP contribution is 2.38. The first-order chi connectivity index (χ1) is 15.8. The van der Waals surface area contributed by atoms with Crippen molar-refractivity contribution < 1.29 is 17.9 Å². The Morgan fingerprint density at radius 2 is 1.76 bits per heavy atom. The molecule has 0 saturated heterocycles. The van der Waals surface area contributed by atoms with Gasteiger partial charge in [0.05, 0.1) is 24.7 Å². The molecule has 3 aromatic rings. The molecule has 0 radical (unpaired) electrons. The van der Waals surface area contributed by atoms with E-state index in [0.29, 0.717) is 28.2 Å². The van der Waals surface area contributed by atoms with Crippen LogP contribution in [-0.2, 0) is 10.0 Å². The van der Waals surface area contributed by atoms with Gasteiger partial charge in [0.15, 0.2) is 17.3 Å². The summed E-state index contributed by atoms with van der Waals surface area (Å²) in [7, 11) is -0.877. The number of aromatic nitrogens is 1. The van der Waals surface area contributed by atoms with Gasteiger partial charge in [-0.05, 0) is 48.4 Å². The number of allylic oxidation sites excluding steroid dienone is 3. The van der Waals surface area contributed by atoms with Crippen molar-refractivity contribution in [3.05, 3.63) is 83.6 Å². The van der Waals surface area contributed by atoms with Crippen LogP contribution in [0.1, 0.15) is 22.3 Å². The molecule has 0 amide bonds. The minimum absolute atomic E-state index is 0.105. The first-order valence-corrected chi connectivity index (χ1v) is 11.4. The van der Waals surface area contributed by atoms with Crippen LogP contribution in [0.25, 0.3) is 11.1 Å². The van der Waals surface area contributed by atoms with Gasteiger partial charge in [-0.25, -0.2) is 17.4 Å². The van der Waals surface area contributed by atoms with Gasteiger partial charge in [-0.3, -0.25) is 0 Å². The molecule has 0 unspecified atom stereocenters. The lowest BCUT2D eigenvalue weighted by atomic mass is 10.0. The van der Waals surface area contributed by atoms with Crippen molar-refractivity contribution in [2.75, 3.05) is 14.2 Å². The number of nitriles is 1. The van der Waals surface area contributed by atoms with Crippen molar-refractivity contribution in [3.63, 3.8) is 0 Å². The molecule has 33 heavy (non-hydrogen) atoms. The molecule has 8 heteroatoms. The van der Waals surface area contributed by atoms with Crippen molar-refractivity contribution in [2.45, 2.75) is 11.8 Å². The van der Waals surface area contributed by atoms with Crippen molar-refractivity contribution >= 4 is 33.2 Å². The Morgan fingerprint density at radius 3 is 2.39 bits per heavy atom. The van der Waals surface area contributed by atoms with Gasteiger partial charge in [0.25, 0.3) is 10.0 Å². The van der Waals surface area contributed by atoms with E-state index in [2.05, 4.69) is 17.6 Å². The Balaban J connectivity index is 1.85. The van der Waals surface area contributed by atoms with E-state index in [9.17, 15) is 13.7 Å². The molecule has 0 saturated carbocycles. The van der Waals surface area contributed by atoms with Gasteiger partial charge >= 0.3 is 0 Å². The van der Waals surface area contributed by atoms with Crippen molar-refractivity contribution in [2.24, 2.45) is 4.99 Å². The standard InChI is InChI=1S/C25H21N3O4S/c1-16-5-8-21(9-6-16)33(29,30)28-15-20(13-26)24-17(2)11-19(14-27-25(24)28)18-7-10-22(31-3)23(12-18)32-4/h5-12,14-15H,2H2,1,3-4H3. The van der Waals surface area contributed by atoms with E-state index in [1.54, 1.807) is 50.8 Å². The summed E-state index contributed by atoms with van der Waals surface area (Å²) in [6.07, 6.45) is 4.61. The Morgan fingerprint density at radius 1 is 1.06 bits per heavy atom. The molecule has 1 aliphatic rings. The minimum atomic E-state index is -3.98. The summed E-state index contributed by atoms with van der Waals surface area (Å²) in [4.78, 5) is 4.58. The van der Waals surface area contributed by atoms with Crippen molar-refractivity contribution in [1.82, 2.24) is 3.97 Å². The zero-order valence-corrected chi connectivity index (χ0v) is 19.2. The lowest BCUT2D eigenvalue weighted by Gasteiger charge is -2.10. The molecule has 0 spiro atoms. The predicted molar refractivity (Wildman–Crippen MR) is 128 cm³/mol. The van der Waals surface area contributed by atoms with Crippen LogP contribution in [0.5, 0.6) is 11.5 Å². The molecule has 0 atom stereocenters. The average Bonchev–Trinajstić information content (AvgIpc) is 3.12. The summed E-state index contributed by atoms with van der Waals surface area (Å²) in [6.45, 7) is 5.96. The van der Waals surface area contributed by atoms with E-state index in [1.165, 1.54) is 18.3 Å². The third kappa shape index (κ3) is 3.83. The van der Waals surface area contributed by atoms with Crippen molar-refractivity contribution in [3.8, 4) is 17.6 Å². The molecular weight excluding hydrogens is 438 g/mol. The minimum Gasteiger partial charge on any atom is -0.493 e. The van der Waals surface area contributed by atoms with Gasteiger partial charge in [-0.1, -0.05) is 30.3 Å². The number of rotatable bonds is 5. The summed E-state index contributed by atoms with van der Waals surface area (Å²) < 4.78 is 38.5. The Kier molecular flexibility index (Phi) is 5.66. The highest BCUT2D eigenvalue weighted by atomic mass is 32.2. The zero-order valence-electron chi connectivity index (χ0n) is 18.4. The van der Waals surface area contributed by atoms with Crippen LogP contribution < -0.4 is 9.47 Å². The molecule has 1 aliphatic heterocycles. The number of ether oxygens (including phenoxy) is 2. The second-order valence-electron chi connectivity index (χ2n) is 7.42. The largest absolute Gasteiger partial charge is 0.493 e. The molecule has 1 aromatic heterocycles. The van der Waals surface area contributed by atoms with Crippen LogP contribution >= 0.6 is 0 Å². The monoisotopic (exact) mass is 459 g/mol. The lowest BCUT2D eigenvalue weighted by Crippen LogP contribution is -2.11. The van der Waals surface area contributed by atoms with E-state index in [-0.39, 0.29) is 16.3 Å². The number of aliphatic imine (C=N–C) groups is 1. The lowest BCUT2D eigenvalue weighted by molar-refractivity contribution is 0.355. The summed E-state index contributed by atoms with van der Waals surface area (Å²) in [5.74, 6) is 1.25. The summed E-state index contributed by atoms with van der Waals surface area (Å²) in [6, 6.07) is 14.0. The number of nitrogens with zero attached hydrogens (tertiary/aromatic N) is 3. The second-order valence-corrected chi connectivity index (χ2v) is 9.23. The summed E-state index contributed by atoms with van der Waals surface area (Å²) in [5, 5.41) is 9.70. The second kappa shape index (κ2) is 8.45. The molecule has 166 valence electrons. The van der Waals surface area contributed by atoms with Crippen molar-refractivity contribution in [1.29, 1.82) is 5.26 Å². The van der Waals surface area contributed by atoms with Gasteiger partial charge in [0.2, 0.25) is 0 Å². The molecule has 0 aliphatic carbocycles. The van der Waals surface area contributed by atoms with Gasteiger partial charge < -0.3 is 9.47 Å². The average molecular weight is 460 g/mol. The van der Waals surface area contributed by atoms with E-state index in [1.807, 2.05) is 13.0 Å². The molecule has 2 aromatic carbocycles. The van der Waals surface area contributed by atoms with Gasteiger partial charge in [-0.2, -0.15) is 5.26 Å². The number of aryl methyl sites for hydroxylation is 1. The highest BCUT2D eigenvalue weighted by molar-refractivity contribution is 7.90. The fourth-order valence-corrected chi connectivity index (χ4v) is 4.92. The molecule has 7 nitrogen and oxygen atoms in total. The van der Waals surface area contributed by atoms with E-state index in [0.717, 1.165) is 15.1 Å². The molecule has 2 heterocycles. The number of fused-ring (bicyclic) bond motifs is 1. The third-order valence-electron chi connectivity index (χ3n) is 5.34. The number of methoxy groups -OCH3 is 2. The van der Waals surface area contributed by atoms with Crippen LogP contribution in [0.2, 0.25) is 0 Å². The number of hydrogen-bond acceptors (Lipinski definition) is 6. The number of hydrogen-bond donors (Lipinski definition) is 0. The van der Waals surface area contributed by atoms with E-state index >= 15 is 0 Å². The highest BCUT2D eigenvalue weighted by Gasteiger charge is 2.27. The Bertz CT molecular complexity index is 1470. The third-order valence-corrected chi connectivity index (χ3v) is 7.00. The maximum atomic E-state index is 13.4. The molecular formula is C25H21N3O4S. The maximum absolute atomic E-state index is 13.4. The smallest absolute Gasteiger partial charge is 0.269 e. The SMILES string of the molecule is C=C1C=C(c2ccc(OC)c(OC)c2)C=Nc2c1c(C#N)cn2S(=O)(=O)c1ccc(C)cc1. The maximum Gasteiger partial charge on any atom is 0.269 e. The van der Waals surface area contributed by atoms with Crippen LogP contribution in [-0.4, -0.2) is 32.8 Å². The normalized spacial score (nSPS) is 13.0. The fraction of sp³-hybridized carbons (Fsp3) is 0.120. The van der Waals surface area contributed by atoms with Crippen LogP contribution in [0.4, 0.5) is 5.82 Å². The molecule has 0 fully saturated rings. The summed E-state index contributed by atoms with van der Waals surface area (Å²) >= 11 is 0. The number of benzene rings is 2. The topological polar surface area (TPSA) is 93.7 Å².